The summed E-state index contributed by atoms with van der Waals surface area (Å²) in [5.74, 6) is 1.27. The summed E-state index contributed by atoms with van der Waals surface area (Å²) in [7, 11) is 0. The van der Waals surface area contributed by atoms with Crippen molar-refractivity contribution in [3.63, 3.8) is 0 Å². The first kappa shape index (κ1) is 12.6. The van der Waals surface area contributed by atoms with E-state index in [0.29, 0.717) is 12.0 Å². The fourth-order valence-corrected chi connectivity index (χ4v) is 2.73. The first-order valence-corrected chi connectivity index (χ1v) is 7.03. The third kappa shape index (κ3) is 2.96. The van der Waals surface area contributed by atoms with Gasteiger partial charge in [-0.15, -0.1) is 0 Å². The van der Waals surface area contributed by atoms with Crippen LogP contribution >= 0.6 is 0 Å². The fraction of sp³-hybridized carbons (Fsp3) is 0.692. The van der Waals surface area contributed by atoms with Crippen molar-refractivity contribution in [3.8, 4) is 0 Å². The van der Waals surface area contributed by atoms with Gasteiger partial charge in [0.2, 0.25) is 5.95 Å². The summed E-state index contributed by atoms with van der Waals surface area (Å²) >= 11 is 0. The van der Waals surface area contributed by atoms with E-state index in [-0.39, 0.29) is 0 Å². The summed E-state index contributed by atoms with van der Waals surface area (Å²) in [5.41, 5.74) is 8.12. The third-order valence-corrected chi connectivity index (χ3v) is 3.70. The lowest BCUT2D eigenvalue weighted by Gasteiger charge is -2.25. The Balaban J connectivity index is 1.84. The number of nitrogens with one attached hydrogen (secondary N) is 2. The van der Waals surface area contributed by atoms with Crippen LogP contribution in [0.4, 0.5) is 11.8 Å². The van der Waals surface area contributed by atoms with Crippen molar-refractivity contribution >= 4 is 11.8 Å². The average Bonchev–Trinajstić information content (AvgIpc) is 2.65. The molecule has 3 rings (SSSR count). The van der Waals surface area contributed by atoms with Crippen LogP contribution in [0.3, 0.4) is 0 Å². The van der Waals surface area contributed by atoms with E-state index >= 15 is 0 Å². The second-order valence-electron chi connectivity index (χ2n) is 5.16. The molecule has 1 aromatic rings. The molecule has 0 bridgehead atoms. The van der Waals surface area contributed by atoms with Crippen LogP contribution in [0.5, 0.6) is 0 Å². The maximum Gasteiger partial charge on any atom is 0.222 e. The molecule has 1 unspecified atom stereocenters. The molecule has 19 heavy (non-hydrogen) atoms. The van der Waals surface area contributed by atoms with E-state index in [0.717, 1.165) is 63.5 Å². The molecule has 104 valence electrons. The lowest BCUT2D eigenvalue weighted by molar-refractivity contribution is 0.0875. The summed E-state index contributed by atoms with van der Waals surface area (Å²) in [6, 6.07) is 0.336. The Morgan fingerprint density at radius 1 is 1.26 bits per heavy atom. The van der Waals surface area contributed by atoms with Crippen molar-refractivity contribution in [2.45, 2.75) is 31.7 Å². The molecule has 2 aliphatic rings. The van der Waals surface area contributed by atoms with Gasteiger partial charge in [-0.1, -0.05) is 0 Å². The molecule has 6 nitrogen and oxygen atoms in total. The highest BCUT2D eigenvalue weighted by molar-refractivity contribution is 5.51. The number of nitrogens with two attached hydrogens (primary N) is 1. The molecular formula is C13H21N5O. The molecule has 0 spiro atoms. The number of ether oxygens (including phenoxy) is 1. The maximum absolute atomic E-state index is 5.82. The van der Waals surface area contributed by atoms with E-state index in [2.05, 4.69) is 20.6 Å². The molecule has 1 aromatic heterocycles. The van der Waals surface area contributed by atoms with Gasteiger partial charge in [-0.3, -0.25) is 0 Å². The standard InChI is InChI=1S/C13H21N5O/c14-13-17-11-4-6-15-5-3-10(11)12(18-13)16-9-2-1-7-19-8-9/h9,15H,1-8H2,(H3,14,16,17,18). The topological polar surface area (TPSA) is 85.1 Å². The molecule has 4 N–H and O–H groups in total. The largest absolute Gasteiger partial charge is 0.379 e. The van der Waals surface area contributed by atoms with Gasteiger partial charge in [0.15, 0.2) is 0 Å². The highest BCUT2D eigenvalue weighted by Gasteiger charge is 2.20. The van der Waals surface area contributed by atoms with Gasteiger partial charge < -0.3 is 21.1 Å². The molecule has 1 fully saturated rings. The highest BCUT2D eigenvalue weighted by atomic mass is 16.5. The molecule has 0 amide bonds. The minimum Gasteiger partial charge on any atom is -0.379 e. The Hall–Kier alpha value is -1.40. The van der Waals surface area contributed by atoms with Crippen LogP contribution in [0.25, 0.3) is 0 Å². The Labute approximate surface area is 113 Å². The van der Waals surface area contributed by atoms with Crippen molar-refractivity contribution in [1.82, 2.24) is 15.3 Å². The minimum atomic E-state index is 0.336. The van der Waals surface area contributed by atoms with Crippen LogP contribution in [0, 0.1) is 0 Å². The molecule has 0 saturated carbocycles. The molecule has 3 heterocycles. The molecule has 2 aliphatic heterocycles. The molecule has 1 saturated heterocycles. The summed E-state index contributed by atoms with van der Waals surface area (Å²) in [5, 5.41) is 6.88. The van der Waals surface area contributed by atoms with Crippen LogP contribution < -0.4 is 16.4 Å². The number of hydrogen-bond acceptors (Lipinski definition) is 6. The predicted octanol–water partition coefficient (Wildman–Crippen LogP) is 0.338. The van der Waals surface area contributed by atoms with E-state index in [4.69, 9.17) is 10.5 Å². The van der Waals surface area contributed by atoms with E-state index < -0.39 is 0 Å². The molecular weight excluding hydrogens is 242 g/mol. The number of anilines is 2. The second-order valence-corrected chi connectivity index (χ2v) is 5.16. The van der Waals surface area contributed by atoms with Crippen LogP contribution in [0.15, 0.2) is 0 Å². The lowest BCUT2D eigenvalue weighted by Crippen LogP contribution is -2.31. The Morgan fingerprint density at radius 2 is 2.16 bits per heavy atom. The van der Waals surface area contributed by atoms with E-state index in [1.807, 2.05) is 0 Å². The van der Waals surface area contributed by atoms with Crippen molar-refractivity contribution in [3.05, 3.63) is 11.3 Å². The Bertz CT molecular complexity index is 445. The first-order chi connectivity index (χ1) is 9.33. The van der Waals surface area contributed by atoms with Crippen LogP contribution in [-0.4, -0.2) is 42.3 Å². The van der Waals surface area contributed by atoms with Crippen LogP contribution in [0.2, 0.25) is 0 Å². The molecule has 6 heteroatoms. The number of fused-ring (bicyclic) bond motifs is 1. The summed E-state index contributed by atoms with van der Waals surface area (Å²) < 4.78 is 5.50. The smallest absolute Gasteiger partial charge is 0.222 e. The van der Waals surface area contributed by atoms with Crippen molar-refractivity contribution < 1.29 is 4.74 Å². The Kier molecular flexibility index (Phi) is 3.79. The third-order valence-electron chi connectivity index (χ3n) is 3.70. The van der Waals surface area contributed by atoms with Gasteiger partial charge in [0, 0.05) is 25.1 Å². The van der Waals surface area contributed by atoms with Crippen molar-refractivity contribution in [1.29, 1.82) is 0 Å². The molecule has 0 radical (unpaired) electrons. The van der Waals surface area contributed by atoms with Crippen LogP contribution in [-0.2, 0) is 17.6 Å². The highest BCUT2D eigenvalue weighted by Crippen LogP contribution is 2.22. The summed E-state index contributed by atoms with van der Waals surface area (Å²) in [4.78, 5) is 8.78. The predicted molar refractivity (Wildman–Crippen MR) is 74.2 cm³/mol. The molecule has 1 atom stereocenters. The van der Waals surface area contributed by atoms with Gasteiger partial charge in [-0.2, -0.15) is 4.98 Å². The van der Waals surface area contributed by atoms with Crippen molar-refractivity contribution in [2.75, 3.05) is 37.4 Å². The molecule has 0 aliphatic carbocycles. The number of nitrogen functional groups attached to an aromatic ring is 1. The zero-order chi connectivity index (χ0) is 13.1. The first-order valence-electron chi connectivity index (χ1n) is 7.03. The van der Waals surface area contributed by atoms with Gasteiger partial charge >= 0.3 is 0 Å². The zero-order valence-corrected chi connectivity index (χ0v) is 11.1. The Morgan fingerprint density at radius 3 is 3.00 bits per heavy atom. The van der Waals surface area contributed by atoms with Gasteiger partial charge in [0.25, 0.3) is 0 Å². The van der Waals surface area contributed by atoms with E-state index in [9.17, 15) is 0 Å². The monoisotopic (exact) mass is 263 g/mol. The van der Waals surface area contributed by atoms with Gasteiger partial charge in [0.1, 0.15) is 5.82 Å². The van der Waals surface area contributed by atoms with E-state index in [1.54, 1.807) is 0 Å². The maximum atomic E-state index is 5.82. The van der Waals surface area contributed by atoms with Gasteiger partial charge in [-0.05, 0) is 25.8 Å². The summed E-state index contributed by atoms with van der Waals surface area (Å²) in [6.45, 7) is 3.54. The summed E-state index contributed by atoms with van der Waals surface area (Å²) in [6.07, 6.45) is 4.09. The SMILES string of the molecule is Nc1nc2c(c(NC3CCCOC3)n1)CCNCC2. The zero-order valence-electron chi connectivity index (χ0n) is 11.1. The minimum absolute atomic E-state index is 0.336. The second kappa shape index (κ2) is 5.71. The number of rotatable bonds is 2. The lowest BCUT2D eigenvalue weighted by atomic mass is 10.1. The average molecular weight is 263 g/mol. The molecule has 0 aromatic carbocycles. The quantitative estimate of drug-likeness (QED) is 0.713. The number of aromatic nitrogens is 2. The normalized spacial score (nSPS) is 23.5. The van der Waals surface area contributed by atoms with Crippen LogP contribution in [0.1, 0.15) is 24.1 Å². The van der Waals surface area contributed by atoms with E-state index in [1.165, 1.54) is 5.56 Å². The number of hydrogen-bond donors (Lipinski definition) is 3. The van der Waals surface area contributed by atoms with Gasteiger partial charge in [-0.25, -0.2) is 4.98 Å². The number of nitrogens with zero attached hydrogens (tertiary/aromatic N) is 2. The van der Waals surface area contributed by atoms with Gasteiger partial charge in [0.05, 0.1) is 18.3 Å². The fourth-order valence-electron chi connectivity index (χ4n) is 2.73. The van der Waals surface area contributed by atoms with Crippen molar-refractivity contribution in [2.24, 2.45) is 0 Å².